The first-order valence-electron chi connectivity index (χ1n) is 10.6. The van der Waals surface area contributed by atoms with E-state index in [1.54, 1.807) is 0 Å². The van der Waals surface area contributed by atoms with Crippen LogP contribution >= 0.6 is 11.6 Å². The Labute approximate surface area is 186 Å². The van der Waals surface area contributed by atoms with Gasteiger partial charge in [-0.15, -0.1) is 11.6 Å². The van der Waals surface area contributed by atoms with Gasteiger partial charge in [0.2, 0.25) is 23.8 Å². The molecule has 164 valence electrons. The molecule has 2 saturated heterocycles. The van der Waals surface area contributed by atoms with Crippen molar-refractivity contribution in [2.24, 2.45) is 5.10 Å². The number of nitrogens with one attached hydrogen (secondary N) is 2. The van der Waals surface area contributed by atoms with Crippen molar-refractivity contribution in [2.75, 3.05) is 52.6 Å². The van der Waals surface area contributed by atoms with Crippen molar-refractivity contribution in [2.45, 2.75) is 32.6 Å². The first kappa shape index (κ1) is 21.3. The summed E-state index contributed by atoms with van der Waals surface area (Å²) >= 11 is 5.53. The predicted octanol–water partition coefficient (Wildman–Crippen LogP) is 3.09. The zero-order valence-electron chi connectivity index (χ0n) is 17.6. The predicted molar refractivity (Wildman–Crippen MR) is 124 cm³/mol. The van der Waals surface area contributed by atoms with Gasteiger partial charge in [0.05, 0.1) is 5.71 Å². The van der Waals surface area contributed by atoms with E-state index in [2.05, 4.69) is 35.6 Å². The maximum absolute atomic E-state index is 11.4. The van der Waals surface area contributed by atoms with Gasteiger partial charge in [-0.2, -0.15) is 20.1 Å². The fraction of sp³-hybridized carbons (Fsp3) is 0.476. The Morgan fingerprint density at radius 2 is 1.52 bits per heavy atom. The molecule has 3 heterocycles. The average Bonchev–Trinajstić information content (AvgIpc) is 3.52. The molecule has 0 unspecified atom stereocenters. The van der Waals surface area contributed by atoms with Gasteiger partial charge < -0.3 is 15.1 Å². The van der Waals surface area contributed by atoms with E-state index in [4.69, 9.17) is 16.6 Å². The number of hydrogen-bond donors (Lipinski definition) is 2. The lowest BCUT2D eigenvalue weighted by atomic mass is 10.1. The van der Waals surface area contributed by atoms with Crippen molar-refractivity contribution in [3.8, 4) is 0 Å². The molecule has 31 heavy (non-hydrogen) atoms. The van der Waals surface area contributed by atoms with Gasteiger partial charge in [0.25, 0.3) is 0 Å². The molecule has 0 spiro atoms. The summed E-state index contributed by atoms with van der Waals surface area (Å²) < 4.78 is 0. The number of rotatable bonds is 7. The topological polar surface area (TPSA) is 98.6 Å². The lowest BCUT2D eigenvalue weighted by Gasteiger charge is -2.20. The van der Waals surface area contributed by atoms with Crippen LogP contribution in [-0.2, 0) is 4.79 Å². The highest BCUT2D eigenvalue weighted by atomic mass is 35.5. The number of anilines is 4. The van der Waals surface area contributed by atoms with Crippen LogP contribution in [0.4, 0.5) is 23.5 Å². The Hall–Kier alpha value is -2.94. The summed E-state index contributed by atoms with van der Waals surface area (Å²) in [4.78, 5) is 29.7. The van der Waals surface area contributed by atoms with Crippen LogP contribution < -0.4 is 20.5 Å². The third-order valence-electron chi connectivity index (χ3n) is 5.42. The lowest BCUT2D eigenvalue weighted by Crippen LogP contribution is -2.25. The molecule has 1 amide bonds. The maximum atomic E-state index is 11.4. The van der Waals surface area contributed by atoms with Crippen molar-refractivity contribution in [1.29, 1.82) is 0 Å². The van der Waals surface area contributed by atoms with Crippen molar-refractivity contribution in [1.82, 2.24) is 15.0 Å². The molecule has 0 atom stereocenters. The SMILES string of the molecule is CC(=NNc1nc(N2CCCC2)nc(N2CCCC2)n1)c1ccc(NC(=O)CCl)cc1. The standard InChI is InChI=1S/C21H27ClN8O/c1-15(16-6-8-17(9-7-16)23-18(31)14-22)27-28-19-24-20(29-10-2-3-11-29)26-21(25-19)30-12-4-5-13-30/h6-9H,2-5,10-14H2,1H3,(H,23,31)(H,24,25,26,28). The molecular weight excluding hydrogens is 416 g/mol. The summed E-state index contributed by atoms with van der Waals surface area (Å²) in [7, 11) is 0. The van der Waals surface area contributed by atoms with Crippen LogP contribution in [0.15, 0.2) is 29.4 Å². The summed E-state index contributed by atoms with van der Waals surface area (Å²) in [6.07, 6.45) is 4.64. The first-order chi connectivity index (χ1) is 15.1. The van der Waals surface area contributed by atoms with E-state index in [-0.39, 0.29) is 11.8 Å². The Morgan fingerprint density at radius 3 is 2.03 bits per heavy atom. The Kier molecular flexibility index (Phi) is 6.81. The van der Waals surface area contributed by atoms with Crippen molar-refractivity contribution in [3.05, 3.63) is 29.8 Å². The number of halogens is 1. The molecule has 1 aromatic heterocycles. The summed E-state index contributed by atoms with van der Waals surface area (Å²) in [6.45, 7) is 5.79. The zero-order valence-corrected chi connectivity index (χ0v) is 18.4. The molecule has 1 aromatic carbocycles. The molecular formula is C21H27ClN8O. The normalized spacial score (nSPS) is 16.6. The average molecular weight is 443 g/mol. The molecule has 2 fully saturated rings. The lowest BCUT2D eigenvalue weighted by molar-refractivity contribution is -0.113. The summed E-state index contributed by atoms with van der Waals surface area (Å²) in [5.74, 6) is 1.56. The second kappa shape index (κ2) is 9.91. The minimum absolute atomic E-state index is 0.0725. The molecule has 0 radical (unpaired) electrons. The van der Waals surface area contributed by atoms with Crippen LogP contribution in [0.25, 0.3) is 0 Å². The molecule has 2 N–H and O–H groups in total. The van der Waals surface area contributed by atoms with Crippen molar-refractivity contribution in [3.63, 3.8) is 0 Å². The number of aromatic nitrogens is 3. The van der Waals surface area contributed by atoms with Crippen LogP contribution in [0, 0.1) is 0 Å². The highest BCUT2D eigenvalue weighted by Gasteiger charge is 2.21. The van der Waals surface area contributed by atoms with E-state index in [0.717, 1.165) is 63.1 Å². The van der Waals surface area contributed by atoms with E-state index >= 15 is 0 Å². The second-order valence-corrected chi connectivity index (χ2v) is 7.98. The second-order valence-electron chi connectivity index (χ2n) is 7.72. The smallest absolute Gasteiger partial charge is 0.250 e. The summed E-state index contributed by atoms with van der Waals surface area (Å²) in [6, 6.07) is 7.42. The minimum atomic E-state index is -0.237. The fourth-order valence-corrected chi connectivity index (χ4v) is 3.78. The molecule has 2 aliphatic rings. The van der Waals surface area contributed by atoms with Gasteiger partial charge in [-0.25, -0.2) is 5.43 Å². The number of carbonyl (C=O) groups excluding carboxylic acids is 1. The quantitative estimate of drug-likeness (QED) is 0.386. The van der Waals surface area contributed by atoms with Gasteiger partial charge in [0.1, 0.15) is 5.88 Å². The van der Waals surface area contributed by atoms with Gasteiger partial charge in [-0.1, -0.05) is 12.1 Å². The van der Waals surface area contributed by atoms with Gasteiger partial charge in [0, 0.05) is 31.9 Å². The number of nitrogens with zero attached hydrogens (tertiary/aromatic N) is 6. The van der Waals surface area contributed by atoms with Crippen LogP contribution in [0.2, 0.25) is 0 Å². The molecule has 9 nitrogen and oxygen atoms in total. The van der Waals surface area contributed by atoms with E-state index in [0.29, 0.717) is 23.5 Å². The van der Waals surface area contributed by atoms with Crippen LogP contribution in [0.1, 0.15) is 38.2 Å². The third-order valence-corrected chi connectivity index (χ3v) is 5.66. The third kappa shape index (κ3) is 5.41. The monoisotopic (exact) mass is 442 g/mol. The first-order valence-corrected chi connectivity index (χ1v) is 11.2. The number of carbonyl (C=O) groups is 1. The Morgan fingerprint density at radius 1 is 0.968 bits per heavy atom. The Bertz CT molecular complexity index is 903. The molecule has 4 rings (SSSR count). The number of benzene rings is 1. The van der Waals surface area contributed by atoms with Crippen molar-refractivity contribution < 1.29 is 4.79 Å². The number of alkyl halides is 1. The molecule has 0 aliphatic carbocycles. The molecule has 10 heteroatoms. The molecule has 0 saturated carbocycles. The van der Waals surface area contributed by atoms with Gasteiger partial charge in [0.15, 0.2) is 0 Å². The highest BCUT2D eigenvalue weighted by Crippen LogP contribution is 2.23. The van der Waals surface area contributed by atoms with E-state index in [1.165, 1.54) is 0 Å². The van der Waals surface area contributed by atoms with Crippen LogP contribution in [0.5, 0.6) is 0 Å². The van der Waals surface area contributed by atoms with E-state index in [9.17, 15) is 4.79 Å². The largest absolute Gasteiger partial charge is 0.341 e. The Balaban J connectivity index is 1.50. The number of amides is 1. The number of hydrogen-bond acceptors (Lipinski definition) is 8. The van der Waals surface area contributed by atoms with Crippen LogP contribution in [0.3, 0.4) is 0 Å². The maximum Gasteiger partial charge on any atom is 0.250 e. The summed E-state index contributed by atoms with van der Waals surface area (Å²) in [5.41, 5.74) is 5.40. The summed E-state index contributed by atoms with van der Waals surface area (Å²) in [5, 5.41) is 7.19. The molecule has 2 aromatic rings. The molecule has 0 bridgehead atoms. The number of hydrazone groups is 1. The van der Waals surface area contributed by atoms with Crippen LogP contribution in [-0.4, -0.2) is 58.6 Å². The zero-order chi connectivity index (χ0) is 21.6. The van der Waals surface area contributed by atoms with E-state index in [1.807, 2.05) is 31.2 Å². The highest BCUT2D eigenvalue weighted by molar-refractivity contribution is 6.29. The van der Waals surface area contributed by atoms with Crippen molar-refractivity contribution >= 4 is 46.8 Å². The minimum Gasteiger partial charge on any atom is -0.341 e. The molecule has 2 aliphatic heterocycles. The van der Waals surface area contributed by atoms with E-state index < -0.39 is 0 Å². The van der Waals surface area contributed by atoms with Gasteiger partial charge >= 0.3 is 0 Å². The van der Waals surface area contributed by atoms with Gasteiger partial charge in [-0.3, -0.25) is 4.79 Å². The van der Waals surface area contributed by atoms with Gasteiger partial charge in [-0.05, 0) is 50.3 Å². The fourth-order valence-electron chi connectivity index (χ4n) is 3.71.